The lowest BCUT2D eigenvalue weighted by Gasteiger charge is -2.33. The van der Waals surface area contributed by atoms with Crippen molar-refractivity contribution in [1.82, 2.24) is 9.80 Å². The minimum Gasteiger partial charge on any atom is -0.492 e. The molecule has 1 aliphatic rings. The number of ether oxygens (including phenoxy) is 2. The van der Waals surface area contributed by atoms with Crippen molar-refractivity contribution >= 4 is 11.9 Å². The maximum Gasteiger partial charge on any atom is 0.409 e. The van der Waals surface area contributed by atoms with Crippen LogP contribution in [-0.2, 0) is 4.74 Å². The summed E-state index contributed by atoms with van der Waals surface area (Å²) in [6.07, 6.45) is -0.232. The highest BCUT2D eigenvalue weighted by Crippen LogP contribution is 2.14. The molecular weight excluding hydrogens is 296 g/mol. The number of hydrogen-bond acceptors (Lipinski definition) is 5. The summed E-state index contributed by atoms with van der Waals surface area (Å²) >= 11 is 0. The van der Waals surface area contributed by atoms with Crippen molar-refractivity contribution < 1.29 is 19.1 Å². The van der Waals surface area contributed by atoms with Gasteiger partial charge in [-0.15, -0.1) is 0 Å². The molecule has 0 N–H and O–H groups in total. The van der Waals surface area contributed by atoms with Gasteiger partial charge in [-0.3, -0.25) is 9.69 Å². The molecule has 0 atom stereocenters. The fourth-order valence-corrected chi connectivity index (χ4v) is 2.47. The molecule has 1 aromatic carbocycles. The third kappa shape index (κ3) is 5.25. The molecule has 1 heterocycles. The van der Waals surface area contributed by atoms with Crippen LogP contribution in [0.15, 0.2) is 24.3 Å². The summed E-state index contributed by atoms with van der Waals surface area (Å²) < 4.78 is 10.7. The van der Waals surface area contributed by atoms with Crippen LogP contribution in [-0.4, -0.2) is 67.6 Å². The first-order chi connectivity index (χ1) is 11.1. The lowest BCUT2D eigenvalue weighted by atomic mass is 10.1. The van der Waals surface area contributed by atoms with E-state index < -0.39 is 0 Å². The fraction of sp³-hybridized carbons (Fsp3) is 0.529. The van der Waals surface area contributed by atoms with E-state index in [4.69, 9.17) is 9.47 Å². The molecular formula is C17H24N2O4. The normalized spacial score (nSPS) is 15.3. The van der Waals surface area contributed by atoms with Crippen LogP contribution in [0.25, 0.3) is 0 Å². The maximum absolute atomic E-state index is 11.6. The van der Waals surface area contributed by atoms with Crippen molar-refractivity contribution in [3.8, 4) is 5.75 Å². The van der Waals surface area contributed by atoms with E-state index in [0.717, 1.165) is 19.6 Å². The molecule has 0 saturated carbocycles. The number of carbonyl (C=O) groups excluding carboxylic acids is 2. The molecule has 1 amide bonds. The Morgan fingerprint density at radius 2 is 1.91 bits per heavy atom. The van der Waals surface area contributed by atoms with Gasteiger partial charge in [-0.05, 0) is 26.0 Å². The molecule has 1 fully saturated rings. The number of nitrogens with zero attached hydrogens (tertiary/aromatic N) is 2. The number of piperazine rings is 1. The minimum atomic E-state index is -0.232. The molecule has 6 nitrogen and oxygen atoms in total. The Kier molecular flexibility index (Phi) is 6.40. The number of hydrogen-bond donors (Lipinski definition) is 0. The Bertz CT molecular complexity index is 539. The van der Waals surface area contributed by atoms with E-state index in [9.17, 15) is 9.59 Å². The van der Waals surface area contributed by atoms with E-state index >= 15 is 0 Å². The summed E-state index contributed by atoms with van der Waals surface area (Å²) in [5, 5.41) is 0. The first-order valence-corrected chi connectivity index (χ1v) is 7.98. The van der Waals surface area contributed by atoms with E-state index in [1.807, 2.05) is 19.1 Å². The van der Waals surface area contributed by atoms with Crippen molar-refractivity contribution in [2.24, 2.45) is 0 Å². The number of rotatable bonds is 6. The SMILES string of the molecule is CCOC(=O)N1CCN(CCOc2cccc(C(C)=O)c2)CC1. The van der Waals surface area contributed by atoms with Gasteiger partial charge >= 0.3 is 6.09 Å². The Balaban J connectivity index is 1.71. The summed E-state index contributed by atoms with van der Waals surface area (Å²) in [7, 11) is 0. The smallest absolute Gasteiger partial charge is 0.409 e. The van der Waals surface area contributed by atoms with Gasteiger partial charge < -0.3 is 14.4 Å². The number of Topliss-reactive ketones (excluding diaryl/α,β-unsaturated/α-hetero) is 1. The van der Waals surface area contributed by atoms with Crippen molar-refractivity contribution in [1.29, 1.82) is 0 Å². The van der Waals surface area contributed by atoms with Crippen LogP contribution in [0.4, 0.5) is 4.79 Å². The second-order valence-electron chi connectivity index (χ2n) is 5.46. The average molecular weight is 320 g/mol. The van der Waals surface area contributed by atoms with Crippen LogP contribution in [0.1, 0.15) is 24.2 Å². The van der Waals surface area contributed by atoms with Crippen molar-refractivity contribution in [3.63, 3.8) is 0 Å². The second kappa shape index (κ2) is 8.53. The second-order valence-corrected chi connectivity index (χ2v) is 5.46. The Labute approximate surface area is 137 Å². The average Bonchev–Trinajstić information content (AvgIpc) is 2.56. The van der Waals surface area contributed by atoms with Crippen molar-refractivity contribution in [2.45, 2.75) is 13.8 Å². The van der Waals surface area contributed by atoms with Gasteiger partial charge in [0.2, 0.25) is 0 Å². The monoisotopic (exact) mass is 320 g/mol. The zero-order chi connectivity index (χ0) is 16.7. The Hall–Kier alpha value is -2.08. The fourth-order valence-electron chi connectivity index (χ4n) is 2.47. The molecule has 2 rings (SSSR count). The third-order valence-electron chi connectivity index (χ3n) is 3.82. The summed E-state index contributed by atoms with van der Waals surface area (Å²) in [5.41, 5.74) is 0.658. The molecule has 0 aliphatic carbocycles. The molecule has 126 valence electrons. The zero-order valence-corrected chi connectivity index (χ0v) is 13.8. The predicted octanol–water partition coefficient (Wildman–Crippen LogP) is 2.04. The summed E-state index contributed by atoms with van der Waals surface area (Å²) in [5.74, 6) is 0.744. The standard InChI is InChI=1S/C17H24N2O4/c1-3-22-17(21)19-9-7-18(8-10-19)11-12-23-16-6-4-5-15(13-16)14(2)20/h4-6,13H,3,7-12H2,1-2H3. The Morgan fingerprint density at radius 1 is 1.17 bits per heavy atom. The van der Waals surface area contributed by atoms with Gasteiger partial charge in [0.05, 0.1) is 6.61 Å². The van der Waals surface area contributed by atoms with Crippen LogP contribution in [0.3, 0.4) is 0 Å². The van der Waals surface area contributed by atoms with Crippen LogP contribution in [0, 0.1) is 0 Å². The molecule has 23 heavy (non-hydrogen) atoms. The van der Waals surface area contributed by atoms with Crippen LogP contribution in [0.5, 0.6) is 5.75 Å². The quantitative estimate of drug-likeness (QED) is 0.751. The maximum atomic E-state index is 11.6. The molecule has 0 bridgehead atoms. The first-order valence-electron chi connectivity index (χ1n) is 7.98. The number of amides is 1. The van der Waals surface area contributed by atoms with E-state index in [-0.39, 0.29) is 11.9 Å². The van der Waals surface area contributed by atoms with Crippen molar-refractivity contribution in [3.05, 3.63) is 29.8 Å². The third-order valence-corrected chi connectivity index (χ3v) is 3.82. The molecule has 1 aromatic rings. The van der Waals surface area contributed by atoms with Crippen LogP contribution in [0.2, 0.25) is 0 Å². The van der Waals surface area contributed by atoms with E-state index in [1.165, 1.54) is 0 Å². The summed E-state index contributed by atoms with van der Waals surface area (Å²) in [6, 6.07) is 7.22. The number of benzene rings is 1. The van der Waals surface area contributed by atoms with Gasteiger partial charge in [0, 0.05) is 38.3 Å². The highest BCUT2D eigenvalue weighted by molar-refractivity contribution is 5.94. The highest BCUT2D eigenvalue weighted by Gasteiger charge is 2.21. The van der Waals surface area contributed by atoms with Crippen molar-refractivity contribution in [2.75, 3.05) is 45.9 Å². The van der Waals surface area contributed by atoms with Crippen LogP contribution >= 0.6 is 0 Å². The van der Waals surface area contributed by atoms with Gasteiger partial charge in [0.25, 0.3) is 0 Å². The molecule has 0 radical (unpaired) electrons. The van der Waals surface area contributed by atoms with Gasteiger partial charge in [0.15, 0.2) is 5.78 Å². The van der Waals surface area contributed by atoms with E-state index in [1.54, 1.807) is 24.0 Å². The van der Waals surface area contributed by atoms with Crippen LogP contribution < -0.4 is 4.74 Å². The minimum absolute atomic E-state index is 0.0329. The van der Waals surface area contributed by atoms with Gasteiger partial charge in [-0.25, -0.2) is 4.79 Å². The highest BCUT2D eigenvalue weighted by atomic mass is 16.6. The molecule has 6 heteroatoms. The molecule has 1 aliphatic heterocycles. The molecule has 0 aromatic heterocycles. The largest absolute Gasteiger partial charge is 0.492 e. The first kappa shape index (κ1) is 17.3. The summed E-state index contributed by atoms with van der Waals surface area (Å²) in [6.45, 7) is 8.10. The number of carbonyl (C=O) groups is 2. The topological polar surface area (TPSA) is 59.1 Å². The zero-order valence-electron chi connectivity index (χ0n) is 13.8. The van der Waals surface area contributed by atoms with Gasteiger partial charge in [0.1, 0.15) is 12.4 Å². The predicted molar refractivity (Wildman–Crippen MR) is 87.0 cm³/mol. The van der Waals surface area contributed by atoms with Gasteiger partial charge in [-0.2, -0.15) is 0 Å². The summed E-state index contributed by atoms with van der Waals surface area (Å²) in [4.78, 5) is 27.0. The lowest BCUT2D eigenvalue weighted by molar-refractivity contribution is 0.0757. The molecule has 0 unspecified atom stereocenters. The Morgan fingerprint density at radius 3 is 2.57 bits per heavy atom. The molecule has 0 spiro atoms. The van der Waals surface area contributed by atoms with Gasteiger partial charge in [-0.1, -0.05) is 12.1 Å². The number of ketones is 1. The lowest BCUT2D eigenvalue weighted by Crippen LogP contribution is -2.49. The van der Waals surface area contributed by atoms with E-state index in [2.05, 4.69) is 4.90 Å². The van der Waals surface area contributed by atoms with E-state index in [0.29, 0.717) is 37.6 Å². The molecule has 1 saturated heterocycles.